The van der Waals surface area contributed by atoms with Gasteiger partial charge in [-0.2, -0.15) is 18.3 Å². The molecule has 1 aliphatic rings. The molecule has 0 radical (unpaired) electrons. The number of hydrogen-bond donors (Lipinski definition) is 1. The molecule has 1 aromatic carbocycles. The van der Waals surface area contributed by atoms with Crippen LogP contribution in [0.5, 0.6) is 0 Å². The van der Waals surface area contributed by atoms with Gasteiger partial charge in [0.2, 0.25) is 5.91 Å². The van der Waals surface area contributed by atoms with Crippen molar-refractivity contribution in [1.29, 1.82) is 0 Å². The number of carbonyl (C=O) groups is 1. The molecule has 2 heterocycles. The van der Waals surface area contributed by atoms with Crippen LogP contribution in [-0.4, -0.2) is 40.7 Å². The number of aromatic amines is 1. The van der Waals surface area contributed by atoms with Crippen LogP contribution in [0.3, 0.4) is 0 Å². The van der Waals surface area contributed by atoms with E-state index < -0.39 is 17.8 Å². The Morgan fingerprint density at radius 3 is 2.67 bits per heavy atom. The number of amides is 1. The molecule has 3 rings (SSSR count). The second-order valence-electron chi connectivity index (χ2n) is 5.58. The van der Waals surface area contributed by atoms with Gasteiger partial charge in [-0.1, -0.05) is 12.1 Å². The number of halogens is 3. The first-order chi connectivity index (χ1) is 11.4. The van der Waals surface area contributed by atoms with Crippen molar-refractivity contribution in [3.63, 3.8) is 0 Å². The molecule has 8 heteroatoms. The number of nitrogens with one attached hydrogen (secondary N) is 1. The molecule has 1 aliphatic heterocycles. The summed E-state index contributed by atoms with van der Waals surface area (Å²) in [6.45, 7) is 1.13. The number of carbonyl (C=O) groups excluding carboxylic acids is 1. The van der Waals surface area contributed by atoms with Crippen LogP contribution >= 0.6 is 0 Å². The minimum Gasteiger partial charge on any atom is -0.370 e. The van der Waals surface area contributed by atoms with Gasteiger partial charge >= 0.3 is 6.18 Å². The molecule has 1 aromatic heterocycles. The molecule has 0 unspecified atom stereocenters. The molecule has 128 valence electrons. The molecule has 1 N–H and O–H groups in total. The summed E-state index contributed by atoms with van der Waals surface area (Å²) in [4.78, 5) is 14.0. The number of rotatable bonds is 3. The molecular formula is C16H16F3N3O2. The van der Waals surface area contributed by atoms with E-state index in [1.165, 1.54) is 12.1 Å². The Labute approximate surface area is 136 Å². The Bertz CT molecular complexity index is 684. The van der Waals surface area contributed by atoms with Crippen LogP contribution in [0, 0.1) is 0 Å². The average Bonchev–Trinajstić information content (AvgIpc) is 3.07. The van der Waals surface area contributed by atoms with Crippen molar-refractivity contribution in [2.45, 2.75) is 18.7 Å². The van der Waals surface area contributed by atoms with Crippen LogP contribution in [0.15, 0.2) is 36.5 Å². The molecule has 24 heavy (non-hydrogen) atoms. The van der Waals surface area contributed by atoms with Gasteiger partial charge in [0.25, 0.3) is 0 Å². The van der Waals surface area contributed by atoms with Gasteiger partial charge in [-0.3, -0.25) is 9.89 Å². The Hall–Kier alpha value is -2.35. The van der Waals surface area contributed by atoms with E-state index in [4.69, 9.17) is 4.74 Å². The third kappa shape index (κ3) is 3.76. The van der Waals surface area contributed by atoms with Crippen LogP contribution in [-0.2, 0) is 22.1 Å². The van der Waals surface area contributed by atoms with Crippen molar-refractivity contribution in [3.05, 3.63) is 53.3 Å². The van der Waals surface area contributed by atoms with Gasteiger partial charge in [0.15, 0.2) is 0 Å². The van der Waals surface area contributed by atoms with E-state index in [1.807, 2.05) is 0 Å². The lowest BCUT2D eigenvalue weighted by molar-refractivity contribution is -0.138. The number of alkyl halides is 3. The maximum atomic E-state index is 12.6. The van der Waals surface area contributed by atoms with Crippen LogP contribution in [0.1, 0.15) is 22.9 Å². The summed E-state index contributed by atoms with van der Waals surface area (Å²) in [5, 5.41) is 6.53. The zero-order valence-corrected chi connectivity index (χ0v) is 12.7. The van der Waals surface area contributed by atoms with Crippen molar-refractivity contribution in [2.75, 3.05) is 19.7 Å². The molecule has 0 bridgehead atoms. The van der Waals surface area contributed by atoms with Crippen molar-refractivity contribution < 1.29 is 22.7 Å². The predicted octanol–water partition coefficient (Wildman–Crippen LogP) is 2.57. The van der Waals surface area contributed by atoms with Crippen molar-refractivity contribution in [3.8, 4) is 0 Å². The maximum Gasteiger partial charge on any atom is 0.416 e. The third-order valence-corrected chi connectivity index (χ3v) is 3.93. The zero-order valence-electron chi connectivity index (χ0n) is 12.7. The number of benzene rings is 1. The monoisotopic (exact) mass is 339 g/mol. The fourth-order valence-corrected chi connectivity index (χ4v) is 2.62. The Morgan fingerprint density at radius 2 is 2.04 bits per heavy atom. The lowest BCUT2D eigenvalue weighted by atomic mass is 10.0. The molecule has 2 aromatic rings. The van der Waals surface area contributed by atoms with E-state index in [9.17, 15) is 18.0 Å². The van der Waals surface area contributed by atoms with Crippen LogP contribution in [0.25, 0.3) is 0 Å². The highest BCUT2D eigenvalue weighted by Gasteiger charge is 2.31. The number of aromatic nitrogens is 2. The van der Waals surface area contributed by atoms with Gasteiger partial charge < -0.3 is 9.64 Å². The first-order valence-corrected chi connectivity index (χ1v) is 7.48. The first-order valence-electron chi connectivity index (χ1n) is 7.48. The zero-order chi connectivity index (χ0) is 17.2. The van der Waals surface area contributed by atoms with E-state index in [0.717, 1.165) is 17.8 Å². The van der Waals surface area contributed by atoms with Crippen LogP contribution in [0.4, 0.5) is 13.2 Å². The predicted molar refractivity (Wildman–Crippen MR) is 79.0 cm³/mol. The van der Waals surface area contributed by atoms with E-state index in [1.54, 1.807) is 17.2 Å². The van der Waals surface area contributed by atoms with E-state index in [-0.39, 0.29) is 12.3 Å². The summed E-state index contributed by atoms with van der Waals surface area (Å²) < 4.78 is 43.5. The van der Waals surface area contributed by atoms with E-state index in [2.05, 4.69) is 10.2 Å². The lowest BCUT2D eigenvalue weighted by Gasteiger charge is -2.33. The fourth-order valence-electron chi connectivity index (χ4n) is 2.62. The maximum absolute atomic E-state index is 12.6. The minimum absolute atomic E-state index is 0.0699. The molecule has 1 atom stereocenters. The Morgan fingerprint density at radius 1 is 1.29 bits per heavy atom. The second-order valence-corrected chi connectivity index (χ2v) is 5.58. The molecule has 1 amide bonds. The molecule has 1 fully saturated rings. The number of hydrogen-bond acceptors (Lipinski definition) is 3. The topological polar surface area (TPSA) is 58.2 Å². The first kappa shape index (κ1) is 16.5. The molecule has 0 aliphatic carbocycles. The molecule has 0 saturated carbocycles. The summed E-state index contributed by atoms with van der Waals surface area (Å²) >= 11 is 0. The number of H-pyrrole nitrogens is 1. The van der Waals surface area contributed by atoms with Gasteiger partial charge in [0.05, 0.1) is 25.1 Å². The van der Waals surface area contributed by atoms with Crippen molar-refractivity contribution in [1.82, 2.24) is 15.1 Å². The number of ether oxygens (including phenoxy) is 1. The quantitative estimate of drug-likeness (QED) is 0.935. The summed E-state index contributed by atoms with van der Waals surface area (Å²) in [6, 6.07) is 6.59. The Kier molecular flexibility index (Phi) is 4.57. The Balaban J connectivity index is 1.65. The summed E-state index contributed by atoms with van der Waals surface area (Å²) in [6.07, 6.45) is -3.00. The highest BCUT2D eigenvalue weighted by molar-refractivity contribution is 5.78. The lowest BCUT2D eigenvalue weighted by Crippen LogP contribution is -2.43. The smallest absolute Gasteiger partial charge is 0.370 e. The van der Waals surface area contributed by atoms with Gasteiger partial charge in [-0.05, 0) is 23.8 Å². The summed E-state index contributed by atoms with van der Waals surface area (Å²) in [5.74, 6) is -0.0699. The molecule has 5 nitrogen and oxygen atoms in total. The van der Waals surface area contributed by atoms with Gasteiger partial charge in [-0.25, -0.2) is 0 Å². The van der Waals surface area contributed by atoms with Gasteiger partial charge in [0.1, 0.15) is 6.10 Å². The highest BCUT2D eigenvalue weighted by atomic mass is 19.4. The highest BCUT2D eigenvalue weighted by Crippen LogP contribution is 2.31. The van der Waals surface area contributed by atoms with E-state index >= 15 is 0 Å². The number of morpholine rings is 1. The largest absolute Gasteiger partial charge is 0.416 e. The third-order valence-electron chi connectivity index (χ3n) is 3.93. The standard InChI is InChI=1S/C16H16F3N3O2/c17-16(18,19)12-3-1-11(2-4-12)14-10-22(7-8-24-14)15(23)9-13-5-6-20-21-13/h1-6,14H,7-10H2,(H,20,21)/t14-/m0/s1. The molecule has 1 saturated heterocycles. The SMILES string of the molecule is O=C(Cc1ccn[nH]1)N1CCO[C@H](c2ccc(C(F)(F)F)cc2)C1. The fraction of sp³-hybridized carbons (Fsp3) is 0.375. The van der Waals surface area contributed by atoms with Gasteiger partial charge in [0, 0.05) is 18.4 Å². The van der Waals surface area contributed by atoms with Crippen molar-refractivity contribution >= 4 is 5.91 Å². The van der Waals surface area contributed by atoms with Crippen molar-refractivity contribution in [2.24, 2.45) is 0 Å². The van der Waals surface area contributed by atoms with E-state index in [0.29, 0.717) is 25.3 Å². The second kappa shape index (κ2) is 6.64. The van der Waals surface area contributed by atoms with Crippen LogP contribution < -0.4 is 0 Å². The number of nitrogens with zero attached hydrogens (tertiary/aromatic N) is 2. The van der Waals surface area contributed by atoms with Gasteiger partial charge in [-0.15, -0.1) is 0 Å². The summed E-state index contributed by atoms with van der Waals surface area (Å²) in [7, 11) is 0. The molecular weight excluding hydrogens is 323 g/mol. The molecule has 0 spiro atoms. The summed E-state index contributed by atoms with van der Waals surface area (Å²) in [5.41, 5.74) is 0.647. The minimum atomic E-state index is -4.36. The normalized spacial score (nSPS) is 18.6. The average molecular weight is 339 g/mol. The van der Waals surface area contributed by atoms with Crippen LogP contribution in [0.2, 0.25) is 0 Å².